The van der Waals surface area contributed by atoms with Gasteiger partial charge in [-0.05, 0) is 20.3 Å². The summed E-state index contributed by atoms with van der Waals surface area (Å²) < 4.78 is 5.26. The van der Waals surface area contributed by atoms with E-state index in [1.54, 1.807) is 16.8 Å². The molecule has 0 aliphatic carbocycles. The Morgan fingerprint density at radius 1 is 1.44 bits per heavy atom. The fourth-order valence-electron chi connectivity index (χ4n) is 1.98. The number of carboxylic acid groups (broad SMARTS) is 1. The van der Waals surface area contributed by atoms with Crippen LogP contribution in [0, 0.1) is 0 Å². The predicted octanol–water partition coefficient (Wildman–Crippen LogP) is 1.01. The summed E-state index contributed by atoms with van der Waals surface area (Å²) in [5.74, 6) is -0.889. The first-order valence-electron chi connectivity index (χ1n) is 6.26. The zero-order chi connectivity index (χ0) is 13.7. The number of aliphatic carboxylic acids is 1. The Labute approximate surface area is 107 Å². The lowest BCUT2D eigenvalue weighted by molar-refractivity contribution is -0.137. The van der Waals surface area contributed by atoms with Gasteiger partial charge in [0.25, 0.3) is 0 Å². The van der Waals surface area contributed by atoms with E-state index in [1.165, 1.54) is 0 Å². The van der Waals surface area contributed by atoms with Crippen LogP contribution in [0.25, 0.3) is 0 Å². The smallest absolute Gasteiger partial charge is 0.320 e. The Balaban J connectivity index is 2.60. The molecule has 1 N–H and O–H groups in total. The van der Waals surface area contributed by atoms with Gasteiger partial charge < -0.3 is 19.6 Å². The van der Waals surface area contributed by atoms with E-state index in [-0.39, 0.29) is 31.1 Å². The van der Waals surface area contributed by atoms with Crippen LogP contribution in [0.3, 0.4) is 0 Å². The molecular weight excluding hydrogens is 236 g/mol. The summed E-state index contributed by atoms with van der Waals surface area (Å²) in [6, 6.07) is -0.0352. The van der Waals surface area contributed by atoms with Crippen LogP contribution in [0.2, 0.25) is 0 Å². The molecule has 1 saturated heterocycles. The quantitative estimate of drug-likeness (QED) is 0.799. The molecule has 104 valence electrons. The minimum atomic E-state index is -0.889. The highest BCUT2D eigenvalue weighted by Crippen LogP contribution is 2.14. The van der Waals surface area contributed by atoms with Crippen LogP contribution in [-0.4, -0.2) is 65.8 Å². The number of carboxylic acids is 1. The van der Waals surface area contributed by atoms with E-state index in [1.807, 2.05) is 13.8 Å². The zero-order valence-corrected chi connectivity index (χ0v) is 11.3. The summed E-state index contributed by atoms with van der Waals surface area (Å²) in [5, 5.41) is 8.70. The highest BCUT2D eigenvalue weighted by atomic mass is 16.5. The van der Waals surface area contributed by atoms with Gasteiger partial charge >= 0.3 is 12.0 Å². The molecule has 0 aromatic rings. The topological polar surface area (TPSA) is 70.1 Å². The van der Waals surface area contributed by atoms with Crippen molar-refractivity contribution >= 4 is 12.0 Å². The highest BCUT2D eigenvalue weighted by Gasteiger charge is 2.28. The molecule has 18 heavy (non-hydrogen) atoms. The van der Waals surface area contributed by atoms with Gasteiger partial charge in [0.1, 0.15) is 0 Å². The zero-order valence-electron chi connectivity index (χ0n) is 11.3. The van der Waals surface area contributed by atoms with E-state index in [0.717, 1.165) is 6.42 Å². The van der Waals surface area contributed by atoms with Gasteiger partial charge in [-0.2, -0.15) is 0 Å². The van der Waals surface area contributed by atoms with Gasteiger partial charge in [-0.1, -0.05) is 0 Å². The fraction of sp³-hybridized carbons (Fsp3) is 0.833. The van der Waals surface area contributed by atoms with Gasteiger partial charge in [0.2, 0.25) is 0 Å². The first-order chi connectivity index (χ1) is 8.43. The monoisotopic (exact) mass is 258 g/mol. The van der Waals surface area contributed by atoms with Crippen molar-refractivity contribution in [1.29, 1.82) is 0 Å². The van der Waals surface area contributed by atoms with E-state index in [9.17, 15) is 9.59 Å². The molecule has 2 amide bonds. The van der Waals surface area contributed by atoms with Crippen molar-refractivity contribution in [2.45, 2.75) is 38.8 Å². The number of ether oxygens (including phenoxy) is 1. The van der Waals surface area contributed by atoms with Gasteiger partial charge in [-0.3, -0.25) is 4.79 Å². The van der Waals surface area contributed by atoms with E-state index in [4.69, 9.17) is 9.84 Å². The summed E-state index contributed by atoms with van der Waals surface area (Å²) in [7, 11) is 1.75. The van der Waals surface area contributed by atoms with E-state index >= 15 is 0 Å². The Kier molecular flexibility index (Phi) is 5.40. The standard InChI is InChI=1S/C12H22N2O4/c1-9(2)14(6-4-11(15)16)12(17)13(3)10-5-7-18-8-10/h9-10H,4-8H2,1-3H3,(H,15,16). The van der Waals surface area contributed by atoms with Gasteiger partial charge in [-0.25, -0.2) is 4.79 Å². The first kappa shape index (κ1) is 14.8. The van der Waals surface area contributed by atoms with Gasteiger partial charge in [0.05, 0.1) is 19.1 Å². The summed E-state index contributed by atoms with van der Waals surface area (Å²) in [6.45, 7) is 5.26. The number of urea groups is 1. The molecule has 0 aromatic heterocycles. The van der Waals surface area contributed by atoms with Gasteiger partial charge in [-0.15, -0.1) is 0 Å². The predicted molar refractivity (Wildman–Crippen MR) is 66.5 cm³/mol. The number of hydrogen-bond acceptors (Lipinski definition) is 3. The number of carbonyl (C=O) groups is 2. The number of rotatable bonds is 5. The largest absolute Gasteiger partial charge is 0.481 e. The summed E-state index contributed by atoms with van der Waals surface area (Å²) >= 11 is 0. The molecule has 1 heterocycles. The molecular formula is C12H22N2O4. The second-order valence-electron chi connectivity index (χ2n) is 4.84. The third-order valence-corrected chi connectivity index (χ3v) is 3.19. The summed E-state index contributed by atoms with van der Waals surface area (Å²) in [5.41, 5.74) is 0. The van der Waals surface area contributed by atoms with Crippen LogP contribution in [0.5, 0.6) is 0 Å². The molecule has 6 nitrogen and oxygen atoms in total. The molecule has 1 atom stereocenters. The maximum Gasteiger partial charge on any atom is 0.320 e. The molecule has 1 aliphatic heterocycles. The van der Waals surface area contributed by atoms with Crippen LogP contribution in [0.1, 0.15) is 26.7 Å². The molecule has 6 heteroatoms. The fourth-order valence-corrected chi connectivity index (χ4v) is 1.98. The van der Waals surface area contributed by atoms with Crippen LogP contribution >= 0.6 is 0 Å². The third-order valence-electron chi connectivity index (χ3n) is 3.19. The SMILES string of the molecule is CC(C)N(CCC(=O)O)C(=O)N(C)C1CCOC1. The lowest BCUT2D eigenvalue weighted by Gasteiger charge is -2.33. The Morgan fingerprint density at radius 2 is 2.11 bits per heavy atom. The number of carbonyl (C=O) groups excluding carboxylic acids is 1. The number of likely N-dealkylation sites (N-methyl/N-ethyl adjacent to an activating group) is 1. The lowest BCUT2D eigenvalue weighted by atomic mass is 10.2. The minimum Gasteiger partial charge on any atom is -0.481 e. The average molecular weight is 258 g/mol. The average Bonchev–Trinajstić information content (AvgIpc) is 2.80. The van der Waals surface area contributed by atoms with Crippen molar-refractivity contribution in [1.82, 2.24) is 9.80 Å². The maximum atomic E-state index is 12.3. The van der Waals surface area contributed by atoms with Crippen molar-refractivity contribution in [3.63, 3.8) is 0 Å². The summed E-state index contributed by atoms with van der Waals surface area (Å²) in [4.78, 5) is 26.1. The molecule has 1 fully saturated rings. The normalized spacial score (nSPS) is 19.0. The second kappa shape index (κ2) is 6.58. The summed E-state index contributed by atoms with van der Waals surface area (Å²) in [6.07, 6.45) is 0.812. The minimum absolute atomic E-state index is 0.0124. The van der Waals surface area contributed by atoms with E-state index < -0.39 is 5.97 Å². The van der Waals surface area contributed by atoms with Gasteiger partial charge in [0, 0.05) is 26.2 Å². The van der Waals surface area contributed by atoms with Crippen LogP contribution in [0.15, 0.2) is 0 Å². The van der Waals surface area contributed by atoms with Crippen molar-refractivity contribution < 1.29 is 19.4 Å². The van der Waals surface area contributed by atoms with Gasteiger partial charge in [0.15, 0.2) is 0 Å². The van der Waals surface area contributed by atoms with Crippen LogP contribution in [0.4, 0.5) is 4.79 Å². The van der Waals surface area contributed by atoms with Crippen LogP contribution in [-0.2, 0) is 9.53 Å². The molecule has 1 unspecified atom stereocenters. The number of nitrogens with zero attached hydrogens (tertiary/aromatic N) is 2. The van der Waals surface area contributed by atoms with E-state index in [2.05, 4.69) is 0 Å². The van der Waals surface area contributed by atoms with Crippen molar-refractivity contribution in [3.8, 4) is 0 Å². The number of amides is 2. The Hall–Kier alpha value is -1.30. The molecule has 0 spiro atoms. The number of hydrogen-bond donors (Lipinski definition) is 1. The highest BCUT2D eigenvalue weighted by molar-refractivity contribution is 5.76. The first-order valence-corrected chi connectivity index (χ1v) is 6.26. The Morgan fingerprint density at radius 3 is 2.56 bits per heavy atom. The van der Waals surface area contributed by atoms with Crippen molar-refractivity contribution in [2.75, 3.05) is 26.8 Å². The lowest BCUT2D eigenvalue weighted by Crippen LogP contribution is -2.49. The van der Waals surface area contributed by atoms with Crippen LogP contribution < -0.4 is 0 Å². The van der Waals surface area contributed by atoms with Crippen molar-refractivity contribution in [3.05, 3.63) is 0 Å². The molecule has 0 radical (unpaired) electrons. The molecule has 1 rings (SSSR count). The second-order valence-corrected chi connectivity index (χ2v) is 4.84. The van der Waals surface area contributed by atoms with Crippen molar-refractivity contribution in [2.24, 2.45) is 0 Å². The molecule has 0 bridgehead atoms. The molecule has 1 aliphatic rings. The molecule has 0 saturated carbocycles. The molecule has 0 aromatic carbocycles. The third kappa shape index (κ3) is 3.87. The maximum absolute atomic E-state index is 12.3. The van der Waals surface area contributed by atoms with E-state index in [0.29, 0.717) is 13.2 Å². The Bertz CT molecular complexity index is 300.